The summed E-state index contributed by atoms with van der Waals surface area (Å²) in [6.45, 7) is 4.40. The van der Waals surface area contributed by atoms with Crippen LogP contribution in [0, 0.1) is 5.82 Å². The Morgan fingerprint density at radius 1 is 1.00 bits per heavy atom. The van der Waals surface area contributed by atoms with Crippen LogP contribution in [0.25, 0.3) is 0 Å². The predicted molar refractivity (Wildman–Crippen MR) is 148 cm³/mol. The summed E-state index contributed by atoms with van der Waals surface area (Å²) in [5.74, 6) is 0.124. The molecule has 1 saturated heterocycles. The van der Waals surface area contributed by atoms with Crippen LogP contribution in [0.2, 0.25) is 0 Å². The second kappa shape index (κ2) is 14.1. The maximum Gasteiger partial charge on any atom is 0.258 e. The monoisotopic (exact) mass is 555 g/mol. The number of carbonyl (C=O) groups is 2. The lowest BCUT2D eigenvalue weighted by Gasteiger charge is -2.31. The van der Waals surface area contributed by atoms with Crippen LogP contribution in [0.15, 0.2) is 60.0 Å². The van der Waals surface area contributed by atoms with Gasteiger partial charge in [0, 0.05) is 43.7 Å². The number of hydrogen-bond acceptors (Lipinski definition) is 7. The van der Waals surface area contributed by atoms with Gasteiger partial charge in [-0.1, -0.05) is 18.2 Å². The first-order valence-corrected chi connectivity index (χ1v) is 13.7. The highest BCUT2D eigenvalue weighted by atomic mass is 32.1. The fourth-order valence-corrected chi connectivity index (χ4v) is 5.10. The second-order valence-corrected chi connectivity index (χ2v) is 10.2. The number of ether oxygens (including phenoxy) is 3. The minimum Gasteiger partial charge on any atom is -0.497 e. The molecule has 10 heteroatoms. The van der Waals surface area contributed by atoms with Crippen LogP contribution in [-0.4, -0.2) is 86.7 Å². The van der Waals surface area contributed by atoms with Gasteiger partial charge >= 0.3 is 0 Å². The van der Waals surface area contributed by atoms with Gasteiger partial charge in [-0.2, -0.15) is 0 Å². The molecule has 1 aromatic heterocycles. The van der Waals surface area contributed by atoms with Crippen LogP contribution >= 0.6 is 11.3 Å². The van der Waals surface area contributed by atoms with Crippen molar-refractivity contribution in [2.75, 3.05) is 60.2 Å². The fourth-order valence-electron chi connectivity index (χ4n) is 4.38. The molecule has 2 aromatic carbocycles. The van der Waals surface area contributed by atoms with E-state index in [4.69, 9.17) is 14.2 Å². The van der Waals surface area contributed by atoms with Gasteiger partial charge < -0.3 is 24.0 Å². The Balaban J connectivity index is 1.57. The lowest BCUT2D eigenvalue weighted by atomic mass is 10.1. The molecule has 1 aliphatic heterocycles. The van der Waals surface area contributed by atoms with Crippen molar-refractivity contribution < 1.29 is 28.2 Å². The van der Waals surface area contributed by atoms with Gasteiger partial charge in [-0.25, -0.2) is 4.39 Å². The number of halogens is 1. The summed E-state index contributed by atoms with van der Waals surface area (Å²) in [4.78, 5) is 34.1. The minimum absolute atomic E-state index is 0.106. The summed E-state index contributed by atoms with van der Waals surface area (Å²) in [5, 5.41) is 1.96. The number of thiophene rings is 1. The zero-order chi connectivity index (χ0) is 27.6. The fraction of sp³-hybridized carbons (Fsp3) is 0.379. The molecular weight excluding hydrogens is 521 g/mol. The van der Waals surface area contributed by atoms with Gasteiger partial charge in [0.25, 0.3) is 5.91 Å². The normalized spacial score (nSPS) is 13.6. The Kier molecular flexibility index (Phi) is 10.3. The average molecular weight is 556 g/mol. The number of amides is 2. The van der Waals surface area contributed by atoms with E-state index in [-0.39, 0.29) is 24.2 Å². The zero-order valence-corrected chi connectivity index (χ0v) is 23.1. The third kappa shape index (κ3) is 8.01. The molecule has 4 rings (SSSR count). The Morgan fingerprint density at radius 2 is 1.77 bits per heavy atom. The van der Waals surface area contributed by atoms with Gasteiger partial charge in [0.05, 0.1) is 39.5 Å². The van der Waals surface area contributed by atoms with Crippen LogP contribution in [0.4, 0.5) is 4.39 Å². The number of methoxy groups -OCH3 is 2. The van der Waals surface area contributed by atoms with Gasteiger partial charge in [0.15, 0.2) is 0 Å². The molecule has 208 valence electrons. The quantitative estimate of drug-likeness (QED) is 0.338. The Bertz CT molecular complexity index is 1220. The van der Waals surface area contributed by atoms with E-state index in [1.54, 1.807) is 58.6 Å². The van der Waals surface area contributed by atoms with Gasteiger partial charge in [0.1, 0.15) is 23.9 Å². The molecule has 2 amide bonds. The molecule has 3 aromatic rings. The topological polar surface area (TPSA) is 71.6 Å². The molecule has 1 fully saturated rings. The molecular formula is C29H34FN3O5S. The molecule has 8 nitrogen and oxygen atoms in total. The van der Waals surface area contributed by atoms with Crippen molar-refractivity contribution in [3.63, 3.8) is 0 Å². The third-order valence-electron chi connectivity index (χ3n) is 6.61. The summed E-state index contributed by atoms with van der Waals surface area (Å²) in [7, 11) is 3.05. The summed E-state index contributed by atoms with van der Waals surface area (Å²) < 4.78 is 29.7. The molecule has 0 N–H and O–H groups in total. The number of benzene rings is 2. The summed E-state index contributed by atoms with van der Waals surface area (Å²) in [5.41, 5.74) is 1.17. The Hall–Kier alpha value is -3.47. The molecule has 0 saturated carbocycles. The highest BCUT2D eigenvalue weighted by Gasteiger charge is 2.26. The first-order valence-electron chi connectivity index (χ1n) is 12.8. The van der Waals surface area contributed by atoms with Crippen molar-refractivity contribution in [2.24, 2.45) is 0 Å². The largest absolute Gasteiger partial charge is 0.497 e. The smallest absolute Gasteiger partial charge is 0.258 e. The number of nitrogens with zero attached hydrogens (tertiary/aromatic N) is 3. The zero-order valence-electron chi connectivity index (χ0n) is 22.3. The van der Waals surface area contributed by atoms with E-state index in [1.165, 1.54) is 19.2 Å². The number of hydrogen-bond donors (Lipinski definition) is 0. The lowest BCUT2D eigenvalue weighted by Crippen LogP contribution is -2.47. The van der Waals surface area contributed by atoms with E-state index >= 15 is 0 Å². The van der Waals surface area contributed by atoms with Crippen molar-refractivity contribution in [2.45, 2.75) is 13.1 Å². The van der Waals surface area contributed by atoms with Crippen LogP contribution in [0.3, 0.4) is 0 Å². The minimum atomic E-state index is -0.330. The van der Waals surface area contributed by atoms with Crippen LogP contribution < -0.4 is 9.47 Å². The number of carbonyl (C=O) groups excluding carboxylic acids is 2. The molecule has 0 atom stereocenters. The van der Waals surface area contributed by atoms with Crippen LogP contribution in [0.5, 0.6) is 11.5 Å². The summed E-state index contributed by atoms with van der Waals surface area (Å²) >= 11 is 1.56. The third-order valence-corrected chi connectivity index (χ3v) is 7.47. The van der Waals surface area contributed by atoms with Gasteiger partial charge in [-0.3, -0.25) is 14.5 Å². The molecule has 39 heavy (non-hydrogen) atoms. The molecule has 0 aliphatic carbocycles. The van der Waals surface area contributed by atoms with E-state index < -0.39 is 0 Å². The van der Waals surface area contributed by atoms with Crippen LogP contribution in [-0.2, 0) is 22.6 Å². The molecule has 0 bridgehead atoms. The number of morpholine rings is 1. The van der Waals surface area contributed by atoms with Crippen molar-refractivity contribution >= 4 is 23.2 Å². The SMILES string of the molecule is COc1ccc(C(=O)N(CCN2CCOCC2)CC(=O)N(Cc2ccc(F)cc2)Cc2cccs2)c(OC)c1. The second-order valence-electron chi connectivity index (χ2n) is 9.20. The highest BCUT2D eigenvalue weighted by Crippen LogP contribution is 2.26. The van der Waals surface area contributed by atoms with Crippen molar-refractivity contribution in [1.29, 1.82) is 0 Å². The molecule has 2 heterocycles. The summed E-state index contributed by atoms with van der Waals surface area (Å²) in [6, 6.07) is 15.1. The lowest BCUT2D eigenvalue weighted by molar-refractivity contribution is -0.133. The van der Waals surface area contributed by atoms with Gasteiger partial charge in [-0.05, 0) is 41.3 Å². The standard InChI is InChI=1S/C29H34FN3O5S/c1-36-24-9-10-26(27(18-24)37-2)29(35)32(12-11-31-13-15-38-16-14-31)21-28(34)33(20-25-4-3-17-39-25)19-22-5-7-23(30)8-6-22/h3-10,17-18H,11-16,19-21H2,1-2H3. The maximum atomic E-state index is 13.8. The van der Waals surface area contributed by atoms with E-state index in [1.807, 2.05) is 17.5 Å². The highest BCUT2D eigenvalue weighted by molar-refractivity contribution is 7.09. The van der Waals surface area contributed by atoms with E-state index in [9.17, 15) is 14.0 Å². The van der Waals surface area contributed by atoms with E-state index in [0.717, 1.165) is 23.5 Å². The van der Waals surface area contributed by atoms with Crippen molar-refractivity contribution in [3.05, 3.63) is 81.8 Å². The van der Waals surface area contributed by atoms with Crippen molar-refractivity contribution in [1.82, 2.24) is 14.7 Å². The Labute approximate surface area is 232 Å². The molecule has 1 aliphatic rings. The maximum absolute atomic E-state index is 13.8. The first-order chi connectivity index (χ1) is 19.0. The van der Waals surface area contributed by atoms with E-state index in [0.29, 0.717) is 56.5 Å². The van der Waals surface area contributed by atoms with Crippen molar-refractivity contribution in [3.8, 4) is 11.5 Å². The summed E-state index contributed by atoms with van der Waals surface area (Å²) in [6.07, 6.45) is 0. The molecule has 0 unspecified atom stereocenters. The van der Waals surface area contributed by atoms with E-state index in [2.05, 4.69) is 4.90 Å². The Morgan fingerprint density at radius 3 is 2.44 bits per heavy atom. The van der Waals surface area contributed by atoms with Crippen LogP contribution in [0.1, 0.15) is 20.8 Å². The average Bonchev–Trinajstić information content (AvgIpc) is 3.49. The van der Waals surface area contributed by atoms with Gasteiger partial charge in [-0.15, -0.1) is 11.3 Å². The first kappa shape index (κ1) is 28.5. The van der Waals surface area contributed by atoms with Gasteiger partial charge in [0.2, 0.25) is 5.91 Å². The molecule has 0 spiro atoms. The molecule has 0 radical (unpaired) electrons. The number of rotatable bonds is 12. The predicted octanol–water partition coefficient (Wildman–Crippen LogP) is 3.91.